The van der Waals surface area contributed by atoms with Gasteiger partial charge in [-0.3, -0.25) is 9.59 Å². The van der Waals surface area contributed by atoms with Crippen LogP contribution in [0.5, 0.6) is 0 Å². The minimum atomic E-state index is -0.683. The van der Waals surface area contributed by atoms with Crippen LogP contribution < -0.4 is 5.32 Å². The summed E-state index contributed by atoms with van der Waals surface area (Å²) >= 11 is 1.23. The lowest BCUT2D eigenvalue weighted by Gasteiger charge is -2.16. The van der Waals surface area contributed by atoms with Crippen molar-refractivity contribution in [3.8, 4) is 11.1 Å². The Morgan fingerprint density at radius 1 is 1.12 bits per heavy atom. The molecule has 1 N–H and O–H groups in total. The van der Waals surface area contributed by atoms with E-state index in [1.165, 1.54) is 28.6 Å². The summed E-state index contributed by atoms with van der Waals surface area (Å²) in [6.07, 6.45) is 2.98. The lowest BCUT2D eigenvalue weighted by molar-refractivity contribution is -0.134. The van der Waals surface area contributed by atoms with E-state index < -0.39 is 12.6 Å². The highest BCUT2D eigenvalue weighted by Gasteiger charge is 2.24. The second-order valence-corrected chi connectivity index (χ2v) is 8.22. The number of carbonyl (C=O) groups is 3. The first-order valence-corrected chi connectivity index (χ1v) is 10.8. The largest absolute Gasteiger partial charge is 0.467 e. The van der Waals surface area contributed by atoms with E-state index in [1.54, 1.807) is 24.6 Å². The summed E-state index contributed by atoms with van der Waals surface area (Å²) in [6.45, 7) is 3.45. The van der Waals surface area contributed by atoms with Crippen molar-refractivity contribution < 1.29 is 23.5 Å². The zero-order valence-corrected chi connectivity index (χ0v) is 18.9. The molecule has 0 spiro atoms. The van der Waals surface area contributed by atoms with Crippen LogP contribution in [0.25, 0.3) is 11.1 Å². The number of amides is 2. The first-order valence-electron chi connectivity index (χ1n) is 9.91. The number of anilines is 1. The van der Waals surface area contributed by atoms with E-state index in [4.69, 9.17) is 9.15 Å². The van der Waals surface area contributed by atoms with Crippen LogP contribution in [0.2, 0.25) is 0 Å². The number of ether oxygens (including phenoxy) is 1. The topological polar surface area (TPSA) is 88.8 Å². The van der Waals surface area contributed by atoms with Crippen LogP contribution in [0.3, 0.4) is 0 Å². The van der Waals surface area contributed by atoms with Gasteiger partial charge in [0.25, 0.3) is 5.91 Å². The molecule has 8 heteroatoms. The second kappa shape index (κ2) is 10.6. The molecule has 2 amide bonds. The molecule has 0 saturated carbocycles. The average Bonchev–Trinajstić information content (AvgIpc) is 3.41. The highest BCUT2D eigenvalue weighted by atomic mass is 32.1. The normalized spacial score (nSPS) is 10.3. The molecule has 2 heterocycles. The molecule has 3 aromatic rings. The molecule has 0 aliphatic rings. The molecule has 2 aromatic heterocycles. The third-order valence-electron chi connectivity index (χ3n) is 4.46. The number of nitrogens with one attached hydrogen (secondary N) is 1. The third kappa shape index (κ3) is 5.95. The predicted octanol–water partition coefficient (Wildman–Crippen LogP) is 4.73. The van der Waals surface area contributed by atoms with Gasteiger partial charge in [0.05, 0.1) is 12.8 Å². The van der Waals surface area contributed by atoms with Crippen molar-refractivity contribution in [3.63, 3.8) is 0 Å². The van der Waals surface area contributed by atoms with Crippen molar-refractivity contribution in [3.05, 3.63) is 77.1 Å². The summed E-state index contributed by atoms with van der Waals surface area (Å²) in [5.74, 6) is -0.769. The molecule has 0 atom stereocenters. The molecule has 0 bridgehead atoms. The molecule has 7 nitrogen and oxygen atoms in total. The number of rotatable bonds is 8. The van der Waals surface area contributed by atoms with Gasteiger partial charge in [0, 0.05) is 24.1 Å². The molecular weight excluding hydrogens is 428 g/mol. The number of likely N-dealkylation sites (N-methyl/N-ethyl adjacent to an activating group) is 1. The third-order valence-corrected chi connectivity index (χ3v) is 5.36. The van der Waals surface area contributed by atoms with E-state index in [-0.39, 0.29) is 23.9 Å². The van der Waals surface area contributed by atoms with E-state index in [1.807, 2.05) is 44.2 Å². The van der Waals surface area contributed by atoms with Crippen molar-refractivity contribution in [2.75, 3.05) is 19.0 Å². The van der Waals surface area contributed by atoms with Crippen LogP contribution in [0.4, 0.5) is 5.00 Å². The van der Waals surface area contributed by atoms with Crippen LogP contribution in [0, 0.1) is 0 Å². The Labute approximate surface area is 190 Å². The molecule has 0 radical (unpaired) electrons. The van der Waals surface area contributed by atoms with Gasteiger partial charge in [-0.05, 0) is 31.5 Å². The predicted molar refractivity (Wildman–Crippen MR) is 123 cm³/mol. The molecule has 3 rings (SSSR count). The van der Waals surface area contributed by atoms with Gasteiger partial charge >= 0.3 is 5.97 Å². The van der Waals surface area contributed by atoms with E-state index in [0.717, 1.165) is 11.1 Å². The standard InChI is InChI=1S/C24H24N2O5S/c1-16(2)12-20(27)25-23-22(19(15-32-23)17-8-5-4-6-9-17)24(29)31-14-21(28)26(3)13-18-10-7-11-30-18/h4-12,15H,13-14H2,1-3H3,(H,25,27). The Morgan fingerprint density at radius 2 is 1.88 bits per heavy atom. The average molecular weight is 453 g/mol. The molecule has 0 aliphatic heterocycles. The summed E-state index contributed by atoms with van der Waals surface area (Å²) in [5.41, 5.74) is 2.49. The van der Waals surface area contributed by atoms with Crippen LogP contribution in [-0.4, -0.2) is 36.3 Å². The van der Waals surface area contributed by atoms with Crippen LogP contribution in [-0.2, 0) is 20.9 Å². The fourth-order valence-corrected chi connectivity index (χ4v) is 3.89. The van der Waals surface area contributed by atoms with Gasteiger partial charge in [0.2, 0.25) is 5.91 Å². The zero-order valence-electron chi connectivity index (χ0n) is 18.1. The van der Waals surface area contributed by atoms with E-state index in [9.17, 15) is 14.4 Å². The minimum Gasteiger partial charge on any atom is -0.467 e. The minimum absolute atomic E-state index is 0.221. The van der Waals surface area contributed by atoms with Crippen LogP contribution >= 0.6 is 11.3 Å². The number of benzene rings is 1. The summed E-state index contributed by atoms with van der Waals surface area (Å²) in [4.78, 5) is 39.1. The molecule has 0 fully saturated rings. The number of furan rings is 1. The first-order chi connectivity index (χ1) is 15.3. The Balaban J connectivity index is 1.78. The Bertz CT molecular complexity index is 1110. The monoisotopic (exact) mass is 452 g/mol. The van der Waals surface area contributed by atoms with Gasteiger partial charge in [0.1, 0.15) is 16.3 Å². The summed E-state index contributed by atoms with van der Waals surface area (Å²) in [6, 6.07) is 12.8. The lowest BCUT2D eigenvalue weighted by Crippen LogP contribution is -2.30. The Morgan fingerprint density at radius 3 is 2.53 bits per heavy atom. The van der Waals surface area contributed by atoms with Gasteiger partial charge in [-0.15, -0.1) is 11.3 Å². The van der Waals surface area contributed by atoms with Crippen LogP contribution in [0.1, 0.15) is 30.0 Å². The highest BCUT2D eigenvalue weighted by molar-refractivity contribution is 7.15. The number of allylic oxidation sites excluding steroid dienone is 1. The smallest absolute Gasteiger partial charge is 0.342 e. The van der Waals surface area contributed by atoms with Gasteiger partial charge in [-0.25, -0.2) is 4.79 Å². The molecule has 166 valence electrons. The lowest BCUT2D eigenvalue weighted by atomic mass is 10.0. The van der Waals surface area contributed by atoms with Gasteiger partial charge < -0.3 is 19.4 Å². The van der Waals surface area contributed by atoms with Gasteiger partial charge in [-0.2, -0.15) is 0 Å². The second-order valence-electron chi connectivity index (χ2n) is 7.34. The Kier molecular flexibility index (Phi) is 7.62. The van der Waals surface area contributed by atoms with Crippen LogP contribution in [0.15, 0.2) is 70.2 Å². The van der Waals surface area contributed by atoms with Gasteiger partial charge in [0.15, 0.2) is 6.61 Å². The molecule has 1 aromatic carbocycles. The number of hydrogen-bond acceptors (Lipinski definition) is 6. The Hall–Kier alpha value is -3.65. The molecule has 0 unspecified atom stereocenters. The van der Waals surface area contributed by atoms with Crippen molar-refractivity contribution in [1.29, 1.82) is 0 Å². The summed E-state index contributed by atoms with van der Waals surface area (Å²) in [5, 5.41) is 4.90. The highest BCUT2D eigenvalue weighted by Crippen LogP contribution is 2.36. The first kappa shape index (κ1) is 23.0. The zero-order chi connectivity index (χ0) is 23.1. The van der Waals surface area contributed by atoms with Crippen molar-refractivity contribution in [2.24, 2.45) is 0 Å². The van der Waals surface area contributed by atoms with E-state index >= 15 is 0 Å². The molecular formula is C24H24N2O5S. The maximum atomic E-state index is 13.0. The number of thiophene rings is 1. The maximum Gasteiger partial charge on any atom is 0.342 e. The summed E-state index contributed by atoms with van der Waals surface area (Å²) < 4.78 is 10.6. The fourth-order valence-electron chi connectivity index (χ4n) is 2.93. The van der Waals surface area contributed by atoms with Crippen molar-refractivity contribution in [2.45, 2.75) is 20.4 Å². The number of carbonyl (C=O) groups excluding carboxylic acids is 3. The number of hydrogen-bond donors (Lipinski definition) is 1. The number of nitrogens with zero attached hydrogens (tertiary/aromatic N) is 1. The molecule has 32 heavy (non-hydrogen) atoms. The van der Waals surface area contributed by atoms with E-state index in [2.05, 4.69) is 5.32 Å². The maximum absolute atomic E-state index is 13.0. The molecule has 0 aliphatic carbocycles. The van der Waals surface area contributed by atoms with Crippen molar-refractivity contribution in [1.82, 2.24) is 4.90 Å². The van der Waals surface area contributed by atoms with Crippen molar-refractivity contribution >= 4 is 34.1 Å². The SMILES string of the molecule is CC(C)=CC(=O)Nc1scc(-c2ccccc2)c1C(=O)OCC(=O)N(C)Cc1ccco1. The van der Waals surface area contributed by atoms with E-state index in [0.29, 0.717) is 16.3 Å². The van der Waals surface area contributed by atoms with Gasteiger partial charge in [-0.1, -0.05) is 35.9 Å². The number of esters is 1. The molecule has 0 saturated heterocycles. The summed E-state index contributed by atoms with van der Waals surface area (Å²) in [7, 11) is 1.60. The quantitative estimate of drug-likeness (QED) is 0.394. The fraction of sp³-hybridized carbons (Fsp3) is 0.208.